The van der Waals surface area contributed by atoms with Crippen LogP contribution in [-0.4, -0.2) is 83.3 Å². The highest BCUT2D eigenvalue weighted by Crippen LogP contribution is 2.26. The van der Waals surface area contributed by atoms with E-state index in [1.807, 2.05) is 45.2 Å². The molecule has 4 amide bonds. The summed E-state index contributed by atoms with van der Waals surface area (Å²) < 4.78 is 47.1. The van der Waals surface area contributed by atoms with Crippen molar-refractivity contribution in [2.75, 3.05) is 19.9 Å². The molecule has 16 heteroatoms. The Labute approximate surface area is 309 Å². The molecule has 1 rings (SSSR count). The fourth-order valence-corrected chi connectivity index (χ4v) is 5.42. The summed E-state index contributed by atoms with van der Waals surface area (Å²) in [5, 5.41) is 20.8. The maximum Gasteiger partial charge on any atom is 0.411 e. The van der Waals surface area contributed by atoms with E-state index >= 15 is 0 Å². The minimum atomic E-state index is -5.05. The number of thioether (sulfide) groups is 1. The van der Waals surface area contributed by atoms with E-state index in [1.54, 1.807) is 44.6 Å². The molecular weight excluding hydrogens is 706 g/mol. The molecule has 0 aromatic carbocycles. The molecule has 0 radical (unpaired) electrons. The number of halogens is 3. The number of aliphatic hydroxyl groups is 1. The minimum absolute atomic E-state index is 0.110. The largest absolute Gasteiger partial charge is 0.444 e. The number of nitrogens with two attached hydrogens (primary N) is 1. The second-order valence-electron chi connectivity index (χ2n) is 11.6. The topological polar surface area (TPSA) is 159 Å². The zero-order valence-corrected chi connectivity index (χ0v) is 32.6. The Balaban J connectivity index is 0.0000123. The molecule has 6 N–H and O–H groups in total. The molecule has 0 spiro atoms. The summed E-state index contributed by atoms with van der Waals surface area (Å²) in [7, 11) is 1.56. The molecule has 0 aliphatic carbocycles. The number of aryl methyl sites for hydroxylation is 1. The van der Waals surface area contributed by atoms with Crippen LogP contribution in [0.1, 0.15) is 77.9 Å². The second kappa shape index (κ2) is 25.5. The zero-order valence-electron chi connectivity index (χ0n) is 31.0. The molecule has 4 unspecified atom stereocenters. The number of alkyl carbamates (subject to hydrolysis) is 1. The molecule has 11 nitrogen and oxygen atoms in total. The van der Waals surface area contributed by atoms with Crippen LogP contribution in [0.5, 0.6) is 0 Å². The smallest absolute Gasteiger partial charge is 0.411 e. The first-order chi connectivity index (χ1) is 24.1. The van der Waals surface area contributed by atoms with Crippen LogP contribution in [0.4, 0.5) is 22.8 Å². The fourth-order valence-electron chi connectivity index (χ4n) is 4.37. The van der Waals surface area contributed by atoms with Gasteiger partial charge in [-0.1, -0.05) is 78.0 Å². The van der Waals surface area contributed by atoms with E-state index in [2.05, 4.69) is 22.2 Å². The van der Waals surface area contributed by atoms with Crippen molar-refractivity contribution in [3.05, 3.63) is 63.6 Å². The van der Waals surface area contributed by atoms with Crippen LogP contribution in [0, 0.1) is 5.92 Å². The van der Waals surface area contributed by atoms with Crippen molar-refractivity contribution in [2.45, 2.75) is 111 Å². The van der Waals surface area contributed by atoms with E-state index in [1.165, 1.54) is 16.2 Å². The Bertz CT molecular complexity index is 1300. The molecule has 0 aliphatic rings. The van der Waals surface area contributed by atoms with Crippen LogP contribution in [-0.2, 0) is 22.5 Å². The SMILES string of the molecule is C=C(/C=C\C=C/CC)CCC(CC(O)C(NC(=O)OC/C(=C/N)SC)C(F)(F)F)NC(=O)C(NC(=O)N(C)Cc1csc(CC)n1)C(C)C.CC. The molecule has 290 valence electrons. The number of hydrogen-bond acceptors (Lipinski definition) is 9. The van der Waals surface area contributed by atoms with Crippen molar-refractivity contribution in [3.63, 3.8) is 0 Å². The predicted molar refractivity (Wildman–Crippen MR) is 201 cm³/mol. The molecule has 0 aliphatic heterocycles. The highest BCUT2D eigenvalue weighted by atomic mass is 32.2. The summed E-state index contributed by atoms with van der Waals surface area (Å²) >= 11 is 2.64. The van der Waals surface area contributed by atoms with Gasteiger partial charge in [0.1, 0.15) is 12.6 Å². The molecule has 0 fully saturated rings. The third kappa shape index (κ3) is 19.1. The number of hydrogen-bond donors (Lipinski definition) is 5. The Morgan fingerprint density at radius 3 is 2.37 bits per heavy atom. The van der Waals surface area contributed by atoms with E-state index in [9.17, 15) is 32.7 Å². The molecule has 1 aromatic heterocycles. The van der Waals surface area contributed by atoms with E-state index < -0.39 is 60.8 Å². The number of amides is 4. The standard InChI is InChI=1S/C33H51F3N6O5S2.C2H6/c1-8-10-11-12-13-22(5)14-15-23(16-26(43)29(33(34,35)36)41-32(46)47-19-25(17-37)48-7)39-30(44)28(21(3)4)40-31(45)42(6)18-24-20-49-27(9-2)38-24;1-2/h10-13,17,20-21,23,26,28-29,43H,5,8-9,14-16,18-19,37H2,1-4,6-7H3,(H,39,44)(H,40,45)(H,41,46);1-2H3/b11-10-,13-12-,25-17-;. The third-order valence-electron chi connectivity index (χ3n) is 7.18. The van der Waals surface area contributed by atoms with Crippen molar-refractivity contribution >= 4 is 41.1 Å². The minimum Gasteiger partial charge on any atom is -0.444 e. The summed E-state index contributed by atoms with van der Waals surface area (Å²) in [6.45, 7) is 15.2. The predicted octanol–water partition coefficient (Wildman–Crippen LogP) is 6.81. The summed E-state index contributed by atoms with van der Waals surface area (Å²) in [6, 6.07) is -5.28. The Morgan fingerprint density at radius 1 is 1.18 bits per heavy atom. The molecule has 1 aromatic rings. The molecule has 4 atom stereocenters. The lowest BCUT2D eigenvalue weighted by Gasteiger charge is -2.31. The third-order valence-corrected chi connectivity index (χ3v) is 9.00. The second-order valence-corrected chi connectivity index (χ2v) is 13.5. The highest BCUT2D eigenvalue weighted by molar-refractivity contribution is 8.02. The summed E-state index contributed by atoms with van der Waals surface area (Å²) in [4.78, 5) is 45.1. The first-order valence-electron chi connectivity index (χ1n) is 16.9. The molecular formula is C35H57F3N6O5S2. The van der Waals surface area contributed by atoms with Crippen LogP contribution in [0.25, 0.3) is 0 Å². The van der Waals surface area contributed by atoms with Crippen molar-refractivity contribution in [3.8, 4) is 0 Å². The van der Waals surface area contributed by atoms with Gasteiger partial charge in [-0.05, 0) is 44.3 Å². The number of thiazole rings is 1. The van der Waals surface area contributed by atoms with Crippen molar-refractivity contribution in [1.29, 1.82) is 0 Å². The van der Waals surface area contributed by atoms with Gasteiger partial charge < -0.3 is 36.4 Å². The van der Waals surface area contributed by atoms with Gasteiger partial charge in [-0.3, -0.25) is 4.79 Å². The van der Waals surface area contributed by atoms with Crippen LogP contribution in [0.3, 0.4) is 0 Å². The Hall–Kier alpha value is -3.50. The number of carbonyl (C=O) groups excluding carboxylic acids is 3. The van der Waals surface area contributed by atoms with Gasteiger partial charge in [0.05, 0.1) is 23.4 Å². The average molecular weight is 763 g/mol. The van der Waals surface area contributed by atoms with Crippen molar-refractivity contribution in [1.82, 2.24) is 25.8 Å². The van der Waals surface area contributed by atoms with Gasteiger partial charge in [0.15, 0.2) is 6.04 Å². The number of rotatable bonds is 20. The lowest BCUT2D eigenvalue weighted by molar-refractivity contribution is -0.177. The van der Waals surface area contributed by atoms with Gasteiger partial charge in [-0.25, -0.2) is 14.6 Å². The molecule has 0 saturated heterocycles. The first-order valence-corrected chi connectivity index (χ1v) is 19.1. The van der Waals surface area contributed by atoms with E-state index in [4.69, 9.17) is 10.5 Å². The summed E-state index contributed by atoms with van der Waals surface area (Å²) in [5.41, 5.74) is 6.75. The van der Waals surface area contributed by atoms with E-state index in [-0.39, 0.29) is 26.0 Å². The monoisotopic (exact) mass is 762 g/mol. The number of aromatic nitrogens is 1. The van der Waals surface area contributed by atoms with Gasteiger partial charge in [-0.15, -0.1) is 23.1 Å². The van der Waals surface area contributed by atoms with Crippen LogP contribution < -0.4 is 21.7 Å². The number of nitrogens with zero attached hydrogens (tertiary/aromatic N) is 2. The molecule has 1 heterocycles. The normalized spacial score (nSPS) is 14.3. The van der Waals surface area contributed by atoms with Gasteiger partial charge in [0, 0.05) is 29.6 Å². The molecule has 0 saturated carbocycles. The number of allylic oxidation sites excluding steroid dienone is 5. The van der Waals surface area contributed by atoms with Gasteiger partial charge in [0.25, 0.3) is 0 Å². The Morgan fingerprint density at radius 2 is 1.84 bits per heavy atom. The zero-order chi connectivity index (χ0) is 39.1. The summed E-state index contributed by atoms with van der Waals surface area (Å²) in [6.07, 6.45) is 2.91. The highest BCUT2D eigenvalue weighted by Gasteiger charge is 2.46. The number of carbonyl (C=O) groups is 3. The molecule has 51 heavy (non-hydrogen) atoms. The van der Waals surface area contributed by atoms with Crippen molar-refractivity contribution in [2.24, 2.45) is 11.7 Å². The average Bonchev–Trinajstić information content (AvgIpc) is 3.54. The maximum atomic E-state index is 14.1. The molecule has 0 bridgehead atoms. The lowest BCUT2D eigenvalue weighted by atomic mass is 9.95. The van der Waals surface area contributed by atoms with Crippen molar-refractivity contribution < 1.29 is 37.4 Å². The van der Waals surface area contributed by atoms with E-state index in [0.717, 1.165) is 35.8 Å². The van der Waals surface area contributed by atoms with Gasteiger partial charge in [-0.2, -0.15) is 13.2 Å². The summed E-state index contributed by atoms with van der Waals surface area (Å²) in [5.74, 6) is -1.04. The fraction of sp³-hybridized carbons (Fsp3) is 0.600. The van der Waals surface area contributed by atoms with Gasteiger partial charge >= 0.3 is 18.3 Å². The Kier molecular flexibility index (Phi) is 23.7. The van der Waals surface area contributed by atoms with Gasteiger partial charge in [0.2, 0.25) is 5.91 Å². The number of urea groups is 1. The van der Waals surface area contributed by atoms with Crippen LogP contribution in [0.2, 0.25) is 0 Å². The number of nitrogens with one attached hydrogen (secondary N) is 3. The lowest BCUT2D eigenvalue weighted by Crippen LogP contribution is -2.57. The number of alkyl halides is 3. The first kappa shape index (κ1) is 47.5. The quantitative estimate of drug-likeness (QED) is 0.0907. The van der Waals surface area contributed by atoms with Crippen LogP contribution in [0.15, 0.2) is 52.9 Å². The number of aliphatic hydroxyl groups excluding tert-OH is 1. The van der Waals surface area contributed by atoms with E-state index in [0.29, 0.717) is 16.2 Å². The number of ether oxygens (including phenoxy) is 1. The van der Waals surface area contributed by atoms with Crippen LogP contribution >= 0.6 is 23.1 Å². The maximum absolute atomic E-state index is 14.1.